The molecule has 1 aliphatic rings. The third kappa shape index (κ3) is 1.87. The molecule has 0 aliphatic heterocycles. The molecule has 24 heavy (non-hydrogen) atoms. The van der Waals surface area contributed by atoms with Crippen LogP contribution in [-0.2, 0) is 0 Å². The number of hydrogen-bond donors (Lipinski definition) is 0. The highest BCUT2D eigenvalue weighted by Crippen LogP contribution is 2.12. The van der Waals surface area contributed by atoms with Crippen LogP contribution >= 0.6 is 0 Å². The molecule has 0 nitrogen and oxygen atoms in total. The average Bonchev–Trinajstić information content (AvgIpc) is 2.67. The number of rotatable bonds is 0. The molecule has 5 rings (SSSR count). The maximum atomic E-state index is 8.14. The SMILES string of the molecule is [2H]c1ccc2/c(c1)=c1/cc([2H])cc/c1=c1\cccc\c1=c1/cccc/c1=2. The second-order valence-corrected chi connectivity index (χ2v) is 6.03. The summed E-state index contributed by atoms with van der Waals surface area (Å²) in [5, 5.41) is 8.97. The first-order valence-electron chi connectivity index (χ1n) is 9.13. The Morgan fingerprint density at radius 3 is 0.917 bits per heavy atom. The minimum atomic E-state index is 0.483. The monoisotopic (exact) mass is 306 g/mol. The van der Waals surface area contributed by atoms with E-state index in [1.165, 1.54) is 10.4 Å². The number of hydrogen-bond acceptors (Lipinski definition) is 0. The molecule has 0 saturated carbocycles. The van der Waals surface area contributed by atoms with Crippen molar-refractivity contribution in [1.29, 1.82) is 0 Å². The Morgan fingerprint density at radius 1 is 0.333 bits per heavy atom. The van der Waals surface area contributed by atoms with Crippen molar-refractivity contribution in [3.05, 3.63) is 139 Å². The van der Waals surface area contributed by atoms with E-state index in [0.29, 0.717) is 12.1 Å². The van der Waals surface area contributed by atoms with Crippen LogP contribution in [0.1, 0.15) is 2.74 Å². The van der Waals surface area contributed by atoms with Gasteiger partial charge in [-0.25, -0.2) is 0 Å². The summed E-state index contributed by atoms with van der Waals surface area (Å²) >= 11 is 0. The molecule has 0 heterocycles. The molecule has 0 N–H and O–H groups in total. The number of benzene rings is 4. The maximum absolute atomic E-state index is 8.14. The van der Waals surface area contributed by atoms with Crippen molar-refractivity contribution in [2.75, 3.05) is 0 Å². The molecule has 0 saturated heterocycles. The van der Waals surface area contributed by atoms with E-state index in [9.17, 15) is 0 Å². The highest BCUT2D eigenvalue weighted by Gasteiger charge is 1.98. The van der Waals surface area contributed by atoms with Crippen LogP contribution in [0.25, 0.3) is 0 Å². The van der Waals surface area contributed by atoms with Gasteiger partial charge in [0.1, 0.15) is 0 Å². The largest absolute Gasteiger partial charge is 0.0623 e. The Labute approximate surface area is 142 Å². The zero-order valence-electron chi connectivity index (χ0n) is 15.1. The van der Waals surface area contributed by atoms with E-state index >= 15 is 0 Å². The van der Waals surface area contributed by atoms with Crippen LogP contribution in [0.3, 0.4) is 0 Å². The van der Waals surface area contributed by atoms with E-state index in [1.54, 1.807) is 0 Å². The van der Waals surface area contributed by atoms with E-state index < -0.39 is 0 Å². The van der Waals surface area contributed by atoms with Crippen molar-refractivity contribution in [3.63, 3.8) is 0 Å². The topological polar surface area (TPSA) is 0 Å². The predicted octanol–water partition coefficient (Wildman–Crippen LogP) is 5.15. The normalized spacial score (nSPS) is 18.5. The Balaban J connectivity index is 2.44. The van der Waals surface area contributed by atoms with Crippen molar-refractivity contribution in [3.8, 4) is 0 Å². The number of fused-ring (bicyclic) bond motifs is 4. The van der Waals surface area contributed by atoms with Crippen molar-refractivity contribution in [1.82, 2.24) is 0 Å². The lowest BCUT2D eigenvalue weighted by molar-refractivity contribution is 1.29. The van der Waals surface area contributed by atoms with E-state index in [4.69, 9.17) is 2.74 Å². The van der Waals surface area contributed by atoms with Crippen LogP contribution in [0, 0.1) is 41.7 Å². The first-order valence-corrected chi connectivity index (χ1v) is 8.13. The maximum Gasteiger partial charge on any atom is 0.0623 e. The fourth-order valence-corrected chi connectivity index (χ4v) is 3.68. The van der Waals surface area contributed by atoms with Crippen LogP contribution in [0.5, 0.6) is 0 Å². The highest BCUT2D eigenvalue weighted by molar-refractivity contribution is 5.29. The molecule has 0 fully saturated rings. The zero-order chi connectivity index (χ0) is 17.7. The molecule has 0 radical (unpaired) electrons. The molecular formula is C24H16. The van der Waals surface area contributed by atoms with Crippen LogP contribution in [0.2, 0.25) is 0 Å². The van der Waals surface area contributed by atoms with Gasteiger partial charge in [0.2, 0.25) is 0 Å². The molecule has 4 aromatic rings. The Hall–Kier alpha value is -3.12. The van der Waals surface area contributed by atoms with Gasteiger partial charge in [-0.15, -0.1) is 0 Å². The summed E-state index contributed by atoms with van der Waals surface area (Å²) in [6.07, 6.45) is 0. The summed E-state index contributed by atoms with van der Waals surface area (Å²) in [6.45, 7) is 0. The third-order valence-electron chi connectivity index (χ3n) is 4.74. The second kappa shape index (κ2) is 5.21. The van der Waals surface area contributed by atoms with Gasteiger partial charge in [0.05, 0.1) is 2.74 Å². The van der Waals surface area contributed by atoms with E-state index in [1.807, 2.05) is 36.4 Å². The van der Waals surface area contributed by atoms with Crippen LogP contribution in [-0.4, -0.2) is 0 Å². The summed E-state index contributed by atoms with van der Waals surface area (Å²) < 4.78 is 16.3. The third-order valence-corrected chi connectivity index (χ3v) is 4.74. The summed E-state index contributed by atoms with van der Waals surface area (Å²) in [4.78, 5) is 0. The molecule has 0 bridgehead atoms. The van der Waals surface area contributed by atoms with Crippen molar-refractivity contribution in [2.24, 2.45) is 0 Å². The molecule has 0 heteroatoms. The molecular weight excluding hydrogens is 288 g/mol. The molecule has 1 aliphatic carbocycles. The summed E-state index contributed by atoms with van der Waals surface area (Å²) in [6, 6.07) is 29.4. The first kappa shape index (κ1) is 11.4. The first-order chi connectivity index (χ1) is 12.7. The summed E-state index contributed by atoms with van der Waals surface area (Å²) in [7, 11) is 0. The zero-order valence-corrected chi connectivity index (χ0v) is 13.1. The Kier molecular flexibility index (Phi) is 2.48. The molecule has 0 spiro atoms. The molecule has 0 amide bonds. The van der Waals surface area contributed by atoms with Gasteiger partial charge in [0.15, 0.2) is 0 Å². The Bertz CT molecular complexity index is 1440. The lowest BCUT2D eigenvalue weighted by Crippen LogP contribution is -1.88. The molecule has 0 aromatic heterocycles. The minimum absolute atomic E-state index is 0.483. The second-order valence-electron chi connectivity index (χ2n) is 6.03. The smallest absolute Gasteiger partial charge is 0.0616 e. The molecule has 112 valence electrons. The lowest BCUT2D eigenvalue weighted by atomic mass is 10.0. The van der Waals surface area contributed by atoms with Gasteiger partial charge in [-0.2, -0.15) is 0 Å². The van der Waals surface area contributed by atoms with Gasteiger partial charge in [0, 0.05) is 0 Å². The Morgan fingerprint density at radius 2 is 0.583 bits per heavy atom. The highest BCUT2D eigenvalue weighted by atomic mass is 14.0. The van der Waals surface area contributed by atoms with Crippen molar-refractivity contribution in [2.45, 2.75) is 0 Å². The van der Waals surface area contributed by atoms with Gasteiger partial charge in [0.25, 0.3) is 0 Å². The fourth-order valence-electron chi connectivity index (χ4n) is 3.68. The minimum Gasteiger partial charge on any atom is -0.0616 e. The van der Waals surface area contributed by atoms with Gasteiger partial charge >= 0.3 is 0 Å². The quantitative estimate of drug-likeness (QED) is 0.371. The van der Waals surface area contributed by atoms with Crippen LogP contribution in [0.4, 0.5) is 0 Å². The van der Waals surface area contributed by atoms with E-state index in [-0.39, 0.29) is 0 Å². The molecule has 4 aromatic carbocycles. The molecule has 0 unspecified atom stereocenters. The standard InChI is InChI=1S/C24H16/c1-2-10-18-17(9-1)19-11-3-4-13-21(19)23-15-7-8-16-24(23)22-14-6-5-12-20(18)22/h1-16H/b19-17-,20-18-,23-21-,24-22-/i1D,3D. The van der Waals surface area contributed by atoms with Crippen molar-refractivity contribution < 1.29 is 2.74 Å². The van der Waals surface area contributed by atoms with Gasteiger partial charge < -0.3 is 0 Å². The van der Waals surface area contributed by atoms with E-state index in [0.717, 1.165) is 31.3 Å². The average molecular weight is 306 g/mol. The van der Waals surface area contributed by atoms with E-state index in [2.05, 4.69) is 48.5 Å². The van der Waals surface area contributed by atoms with Gasteiger partial charge in [-0.1, -0.05) is 97.0 Å². The van der Waals surface area contributed by atoms with Crippen LogP contribution < -0.4 is 0 Å². The summed E-state index contributed by atoms with van der Waals surface area (Å²) in [5.41, 5.74) is 0. The van der Waals surface area contributed by atoms with Gasteiger partial charge in [-0.3, -0.25) is 0 Å². The molecule has 0 atom stereocenters. The van der Waals surface area contributed by atoms with Crippen molar-refractivity contribution >= 4 is 0 Å². The fraction of sp³-hybridized carbons (Fsp3) is 0. The van der Waals surface area contributed by atoms with Gasteiger partial charge in [-0.05, 0) is 41.7 Å². The summed E-state index contributed by atoms with van der Waals surface area (Å²) in [5.74, 6) is 0. The van der Waals surface area contributed by atoms with Crippen LogP contribution in [0.15, 0.2) is 97.0 Å². The predicted molar refractivity (Wildman–Crippen MR) is 96.5 cm³/mol. The lowest BCUT2D eigenvalue weighted by Gasteiger charge is -2.02.